The van der Waals surface area contributed by atoms with Gasteiger partial charge < -0.3 is 11.1 Å². The first kappa shape index (κ1) is 15.2. The van der Waals surface area contributed by atoms with Gasteiger partial charge in [0.25, 0.3) is 5.91 Å². The van der Waals surface area contributed by atoms with Crippen molar-refractivity contribution in [2.45, 2.75) is 50.3 Å². The second-order valence-electron chi connectivity index (χ2n) is 5.36. The Hall–Kier alpha value is -1.23. The Morgan fingerprint density at radius 2 is 2.30 bits per heavy atom. The highest BCUT2D eigenvalue weighted by Crippen LogP contribution is 2.28. The van der Waals surface area contributed by atoms with E-state index in [2.05, 4.69) is 23.5 Å². The number of pyridine rings is 1. The lowest BCUT2D eigenvalue weighted by Crippen LogP contribution is -2.33. The number of nitrogens with one attached hydrogen (secondary N) is 1. The molecule has 1 fully saturated rings. The average Bonchev–Trinajstić information content (AvgIpc) is 2.86. The first-order valence-corrected chi connectivity index (χ1v) is 8.51. The highest BCUT2D eigenvalue weighted by molar-refractivity contribution is 7.99. The van der Waals surface area contributed by atoms with Crippen molar-refractivity contribution >= 4 is 23.5 Å². The number of carbonyl (C=O) groups is 1. The molecule has 0 aromatic carbocycles. The molecule has 1 aromatic heterocycles. The third-order valence-corrected chi connectivity index (χ3v) is 4.81. The van der Waals surface area contributed by atoms with Crippen LogP contribution >= 0.6 is 11.8 Å². The molecule has 110 valence electrons. The number of hydrogen-bond donors (Lipinski definition) is 2. The van der Waals surface area contributed by atoms with Crippen molar-refractivity contribution in [3.8, 4) is 0 Å². The van der Waals surface area contributed by atoms with E-state index in [0.29, 0.717) is 22.7 Å². The number of nitrogens with two attached hydrogens (primary N) is 1. The maximum Gasteiger partial charge on any atom is 0.251 e. The number of hydrogen-bond acceptors (Lipinski definition) is 4. The predicted octanol–water partition coefficient (Wildman–Crippen LogP) is 2.63. The summed E-state index contributed by atoms with van der Waals surface area (Å²) in [6.45, 7) is 2.09. The molecule has 1 saturated carbocycles. The van der Waals surface area contributed by atoms with Crippen LogP contribution in [0.2, 0.25) is 0 Å². The number of nitrogens with zero attached hydrogens (tertiary/aromatic N) is 1. The van der Waals surface area contributed by atoms with Crippen LogP contribution in [0.25, 0.3) is 0 Å². The first-order valence-electron chi connectivity index (χ1n) is 7.22. The quantitative estimate of drug-likeness (QED) is 0.875. The van der Waals surface area contributed by atoms with Gasteiger partial charge in [0, 0.05) is 22.5 Å². The number of aryl methyl sites for hydroxylation is 1. The van der Waals surface area contributed by atoms with Crippen LogP contribution in [0.3, 0.4) is 0 Å². The first-order chi connectivity index (χ1) is 9.62. The lowest BCUT2D eigenvalue weighted by atomic mass is 10.1. The van der Waals surface area contributed by atoms with Crippen LogP contribution in [0.4, 0.5) is 5.82 Å². The molecular formula is C15H23N3OS. The Kier molecular flexibility index (Phi) is 5.29. The second-order valence-corrected chi connectivity index (χ2v) is 6.50. The summed E-state index contributed by atoms with van der Waals surface area (Å²) < 4.78 is 0. The standard InChI is InChI=1S/C15H23N3OS/c1-3-4-11-7-10(8-14(16)17-11)15(19)18-12-5-6-13(9-12)20-2/h7-8,12-13H,3-6,9H2,1-2H3,(H2,16,17)(H,18,19). The van der Waals surface area contributed by atoms with Gasteiger partial charge in [0.1, 0.15) is 5.82 Å². The van der Waals surface area contributed by atoms with E-state index in [1.54, 1.807) is 6.07 Å². The molecule has 0 saturated heterocycles. The Morgan fingerprint density at radius 1 is 1.50 bits per heavy atom. The molecule has 0 aliphatic heterocycles. The molecule has 1 aliphatic carbocycles. The van der Waals surface area contributed by atoms with Crippen molar-refractivity contribution in [3.05, 3.63) is 23.4 Å². The van der Waals surface area contributed by atoms with Gasteiger partial charge in [-0.25, -0.2) is 4.98 Å². The summed E-state index contributed by atoms with van der Waals surface area (Å²) in [7, 11) is 0. The van der Waals surface area contributed by atoms with Gasteiger partial charge in [0.05, 0.1) is 0 Å². The minimum absolute atomic E-state index is 0.0248. The van der Waals surface area contributed by atoms with Crippen molar-refractivity contribution in [3.63, 3.8) is 0 Å². The highest BCUT2D eigenvalue weighted by Gasteiger charge is 2.25. The summed E-state index contributed by atoms with van der Waals surface area (Å²) >= 11 is 1.89. The van der Waals surface area contributed by atoms with E-state index in [1.165, 1.54) is 6.42 Å². The number of nitrogen functional groups attached to an aromatic ring is 1. The van der Waals surface area contributed by atoms with Crippen molar-refractivity contribution < 1.29 is 4.79 Å². The molecule has 0 spiro atoms. The van der Waals surface area contributed by atoms with Crippen LogP contribution in [-0.2, 0) is 6.42 Å². The fourth-order valence-electron chi connectivity index (χ4n) is 2.68. The fourth-order valence-corrected chi connectivity index (χ4v) is 3.48. The van der Waals surface area contributed by atoms with Gasteiger partial charge in [-0.3, -0.25) is 4.79 Å². The molecule has 3 N–H and O–H groups in total. The van der Waals surface area contributed by atoms with E-state index in [-0.39, 0.29) is 5.91 Å². The number of rotatable bonds is 5. The van der Waals surface area contributed by atoms with E-state index in [0.717, 1.165) is 31.4 Å². The van der Waals surface area contributed by atoms with Crippen LogP contribution in [0.15, 0.2) is 12.1 Å². The third-order valence-electron chi connectivity index (χ3n) is 3.72. The summed E-state index contributed by atoms with van der Waals surface area (Å²) in [5.74, 6) is 0.401. The maximum absolute atomic E-state index is 12.3. The molecule has 20 heavy (non-hydrogen) atoms. The lowest BCUT2D eigenvalue weighted by Gasteiger charge is -2.13. The molecule has 1 aliphatic rings. The molecule has 0 radical (unpaired) electrons. The summed E-state index contributed by atoms with van der Waals surface area (Å²) in [6, 6.07) is 3.81. The van der Waals surface area contributed by atoms with Gasteiger partial charge in [-0.05, 0) is 44.1 Å². The highest BCUT2D eigenvalue weighted by atomic mass is 32.2. The normalized spacial score (nSPS) is 21.9. The minimum Gasteiger partial charge on any atom is -0.384 e. The van der Waals surface area contributed by atoms with Gasteiger partial charge in [-0.15, -0.1) is 0 Å². The van der Waals surface area contributed by atoms with Crippen molar-refractivity contribution in [2.75, 3.05) is 12.0 Å². The van der Waals surface area contributed by atoms with Crippen molar-refractivity contribution in [2.24, 2.45) is 0 Å². The topological polar surface area (TPSA) is 68.0 Å². The summed E-state index contributed by atoms with van der Waals surface area (Å²) in [6.07, 6.45) is 7.30. The monoisotopic (exact) mass is 293 g/mol. The van der Waals surface area contributed by atoms with Crippen molar-refractivity contribution in [1.29, 1.82) is 0 Å². The smallest absolute Gasteiger partial charge is 0.251 e. The van der Waals surface area contributed by atoms with Gasteiger partial charge >= 0.3 is 0 Å². The molecular weight excluding hydrogens is 270 g/mol. The third kappa shape index (κ3) is 3.88. The van der Waals surface area contributed by atoms with Gasteiger partial charge in [0.2, 0.25) is 0 Å². The summed E-state index contributed by atoms with van der Waals surface area (Å²) in [5.41, 5.74) is 7.31. The number of amides is 1. The van der Waals surface area contributed by atoms with Crippen LogP contribution in [0.5, 0.6) is 0 Å². The number of carbonyl (C=O) groups excluding carboxylic acids is 1. The molecule has 2 unspecified atom stereocenters. The number of aromatic nitrogens is 1. The second kappa shape index (κ2) is 6.97. The summed E-state index contributed by atoms with van der Waals surface area (Å²) in [5, 5.41) is 3.80. The number of thioether (sulfide) groups is 1. The molecule has 2 rings (SSSR count). The Balaban J connectivity index is 2.02. The number of anilines is 1. The predicted molar refractivity (Wildman–Crippen MR) is 85.1 cm³/mol. The molecule has 1 aromatic rings. The van der Waals surface area contributed by atoms with Crippen LogP contribution < -0.4 is 11.1 Å². The Bertz CT molecular complexity index is 478. The van der Waals surface area contributed by atoms with Crippen LogP contribution in [-0.4, -0.2) is 28.4 Å². The Morgan fingerprint density at radius 3 is 2.95 bits per heavy atom. The maximum atomic E-state index is 12.3. The molecule has 2 atom stereocenters. The van der Waals surface area contributed by atoms with E-state index < -0.39 is 0 Å². The van der Waals surface area contributed by atoms with Crippen LogP contribution in [0.1, 0.15) is 48.7 Å². The molecule has 4 nitrogen and oxygen atoms in total. The molecule has 1 amide bonds. The van der Waals surface area contributed by atoms with Crippen LogP contribution in [0, 0.1) is 0 Å². The molecule has 0 bridgehead atoms. The fraction of sp³-hybridized carbons (Fsp3) is 0.600. The SMILES string of the molecule is CCCc1cc(C(=O)NC2CCC(SC)C2)cc(N)n1. The van der Waals surface area contributed by atoms with E-state index in [1.807, 2.05) is 17.8 Å². The zero-order valence-electron chi connectivity index (χ0n) is 12.2. The lowest BCUT2D eigenvalue weighted by molar-refractivity contribution is 0.0938. The summed E-state index contributed by atoms with van der Waals surface area (Å²) in [4.78, 5) is 16.6. The minimum atomic E-state index is -0.0248. The Labute approximate surface area is 124 Å². The van der Waals surface area contributed by atoms with Crippen molar-refractivity contribution in [1.82, 2.24) is 10.3 Å². The van der Waals surface area contributed by atoms with Gasteiger partial charge in [0.15, 0.2) is 0 Å². The zero-order chi connectivity index (χ0) is 14.5. The zero-order valence-corrected chi connectivity index (χ0v) is 13.0. The largest absolute Gasteiger partial charge is 0.384 e. The average molecular weight is 293 g/mol. The van der Waals surface area contributed by atoms with Gasteiger partial charge in [-0.2, -0.15) is 11.8 Å². The van der Waals surface area contributed by atoms with E-state index >= 15 is 0 Å². The van der Waals surface area contributed by atoms with E-state index in [4.69, 9.17) is 5.73 Å². The molecule has 1 heterocycles. The van der Waals surface area contributed by atoms with E-state index in [9.17, 15) is 4.79 Å². The van der Waals surface area contributed by atoms with Gasteiger partial charge in [-0.1, -0.05) is 13.3 Å². The molecule has 5 heteroatoms.